The van der Waals surface area contributed by atoms with Gasteiger partial charge >= 0.3 is 0 Å². The molecule has 0 bridgehead atoms. The van der Waals surface area contributed by atoms with Crippen molar-refractivity contribution in [3.05, 3.63) is 37.1 Å². The van der Waals surface area contributed by atoms with Gasteiger partial charge in [-0.2, -0.15) is 0 Å². The van der Waals surface area contributed by atoms with Crippen molar-refractivity contribution in [2.24, 2.45) is 0 Å². The van der Waals surface area contributed by atoms with E-state index in [0.717, 1.165) is 5.76 Å². The molecule has 0 atom stereocenters. The molecule has 72 valence electrons. The molecule has 0 aliphatic carbocycles. The quantitative estimate of drug-likeness (QED) is 0.460. The molecule has 0 saturated heterocycles. The summed E-state index contributed by atoms with van der Waals surface area (Å²) in [6.45, 7) is 15.0. The van der Waals surface area contributed by atoms with Gasteiger partial charge in [-0.15, -0.1) is 0 Å². The smallest absolute Gasteiger partial charge is 0.118 e. The first-order valence-corrected chi connectivity index (χ1v) is 4.34. The van der Waals surface area contributed by atoms with E-state index in [1.165, 1.54) is 0 Å². The van der Waals surface area contributed by atoms with Crippen LogP contribution in [-0.4, -0.2) is 7.11 Å². The third-order valence-electron chi connectivity index (χ3n) is 0.719. The molecule has 0 aliphatic heterocycles. The van der Waals surface area contributed by atoms with Crippen molar-refractivity contribution >= 4 is 0 Å². The maximum atomic E-state index is 4.81. The van der Waals surface area contributed by atoms with Crippen LogP contribution in [0.3, 0.4) is 0 Å². The van der Waals surface area contributed by atoms with Crippen LogP contribution in [0, 0.1) is 0 Å². The minimum atomic E-state index is 0.736. The van der Waals surface area contributed by atoms with Crippen LogP contribution in [0.4, 0.5) is 0 Å². The van der Waals surface area contributed by atoms with E-state index in [9.17, 15) is 0 Å². The highest BCUT2D eigenvalue weighted by molar-refractivity contribution is 5.14. The number of hydrogen-bond acceptors (Lipinski definition) is 1. The fourth-order valence-electron chi connectivity index (χ4n) is 0.336. The molecule has 0 aliphatic rings. The Morgan fingerprint density at radius 3 is 1.58 bits per heavy atom. The summed E-state index contributed by atoms with van der Waals surface area (Å²) < 4.78 is 4.81. The van der Waals surface area contributed by atoms with Crippen LogP contribution < -0.4 is 0 Å². The SMILES string of the molecule is C=C/C=C(\C=C)OC.CC.CC. The van der Waals surface area contributed by atoms with Crippen molar-refractivity contribution in [1.29, 1.82) is 0 Å². The standard InChI is InChI=1S/C7H10O.2C2H6/c1-4-6-7(5-2)8-3;2*1-2/h4-6H,1-2H2,3H3;2*1-2H3/b7-6+;;. The van der Waals surface area contributed by atoms with E-state index in [-0.39, 0.29) is 0 Å². The van der Waals surface area contributed by atoms with Crippen LogP contribution in [0.15, 0.2) is 37.1 Å². The van der Waals surface area contributed by atoms with Gasteiger partial charge in [-0.1, -0.05) is 46.9 Å². The Morgan fingerprint density at radius 1 is 1.08 bits per heavy atom. The molecular weight excluding hydrogens is 148 g/mol. The first-order chi connectivity index (χ1) is 5.85. The Morgan fingerprint density at radius 2 is 1.50 bits per heavy atom. The van der Waals surface area contributed by atoms with Crippen LogP contribution in [0.5, 0.6) is 0 Å². The van der Waals surface area contributed by atoms with Gasteiger partial charge in [0.1, 0.15) is 5.76 Å². The summed E-state index contributed by atoms with van der Waals surface area (Å²) in [6, 6.07) is 0. The molecule has 0 heterocycles. The highest BCUT2D eigenvalue weighted by Gasteiger charge is 1.79. The summed E-state index contributed by atoms with van der Waals surface area (Å²) in [4.78, 5) is 0. The van der Waals surface area contributed by atoms with E-state index < -0.39 is 0 Å². The molecule has 0 unspecified atom stereocenters. The lowest BCUT2D eigenvalue weighted by Crippen LogP contribution is -1.77. The molecule has 0 spiro atoms. The Balaban J connectivity index is -0.000000175. The largest absolute Gasteiger partial charge is 0.497 e. The van der Waals surface area contributed by atoms with Crippen molar-refractivity contribution in [2.45, 2.75) is 27.7 Å². The summed E-state index contributed by atoms with van der Waals surface area (Å²) in [5.41, 5.74) is 0. The fourth-order valence-corrected chi connectivity index (χ4v) is 0.336. The molecule has 0 amide bonds. The third-order valence-corrected chi connectivity index (χ3v) is 0.719. The van der Waals surface area contributed by atoms with Crippen molar-refractivity contribution in [2.75, 3.05) is 7.11 Å². The summed E-state index contributed by atoms with van der Waals surface area (Å²) in [6.07, 6.45) is 5.02. The predicted octanol–water partition coefficient (Wildman–Crippen LogP) is 3.94. The van der Waals surface area contributed by atoms with E-state index in [0.29, 0.717) is 0 Å². The molecule has 0 rings (SSSR count). The second-order valence-electron chi connectivity index (χ2n) is 1.21. The van der Waals surface area contributed by atoms with Gasteiger partial charge in [0.2, 0.25) is 0 Å². The molecule has 0 aromatic carbocycles. The van der Waals surface area contributed by atoms with Crippen molar-refractivity contribution in [3.8, 4) is 0 Å². The molecule has 0 aromatic heterocycles. The topological polar surface area (TPSA) is 9.23 Å². The number of allylic oxidation sites excluding steroid dienone is 3. The average Bonchev–Trinajstić information content (AvgIpc) is 2.20. The molecule has 1 nitrogen and oxygen atoms in total. The molecular formula is C11H22O. The van der Waals surface area contributed by atoms with Crippen molar-refractivity contribution in [1.82, 2.24) is 0 Å². The predicted molar refractivity (Wildman–Crippen MR) is 58.2 cm³/mol. The van der Waals surface area contributed by atoms with Gasteiger partial charge < -0.3 is 4.74 Å². The third kappa shape index (κ3) is 16.0. The van der Waals surface area contributed by atoms with Gasteiger partial charge in [0, 0.05) is 0 Å². The second-order valence-corrected chi connectivity index (χ2v) is 1.21. The zero-order valence-corrected chi connectivity index (χ0v) is 9.05. The molecule has 0 aromatic rings. The summed E-state index contributed by atoms with van der Waals surface area (Å²) >= 11 is 0. The number of ether oxygens (including phenoxy) is 1. The number of rotatable bonds is 3. The molecule has 0 N–H and O–H groups in total. The van der Waals surface area contributed by atoms with Crippen LogP contribution in [0.25, 0.3) is 0 Å². The van der Waals surface area contributed by atoms with E-state index in [1.54, 1.807) is 25.3 Å². The van der Waals surface area contributed by atoms with Crippen LogP contribution in [-0.2, 0) is 4.74 Å². The van der Waals surface area contributed by atoms with Crippen molar-refractivity contribution < 1.29 is 4.74 Å². The van der Waals surface area contributed by atoms with Gasteiger partial charge in [-0.25, -0.2) is 0 Å². The molecule has 1 heteroatoms. The van der Waals surface area contributed by atoms with Crippen LogP contribution in [0.2, 0.25) is 0 Å². The van der Waals surface area contributed by atoms with Gasteiger partial charge in [0.15, 0.2) is 0 Å². The Labute approximate surface area is 77.4 Å². The Kier molecular flexibility index (Phi) is 32.2. The highest BCUT2D eigenvalue weighted by atomic mass is 16.5. The number of methoxy groups -OCH3 is 1. The lowest BCUT2D eigenvalue weighted by atomic mass is 10.4. The zero-order valence-electron chi connectivity index (χ0n) is 9.05. The summed E-state index contributed by atoms with van der Waals surface area (Å²) in [5, 5.41) is 0. The minimum Gasteiger partial charge on any atom is -0.497 e. The zero-order chi connectivity index (χ0) is 10.4. The maximum Gasteiger partial charge on any atom is 0.118 e. The molecule has 0 saturated carbocycles. The monoisotopic (exact) mass is 170 g/mol. The lowest BCUT2D eigenvalue weighted by Gasteiger charge is -1.94. The van der Waals surface area contributed by atoms with Gasteiger partial charge in [0.25, 0.3) is 0 Å². The van der Waals surface area contributed by atoms with Gasteiger partial charge in [-0.05, 0) is 12.2 Å². The van der Waals surface area contributed by atoms with Crippen molar-refractivity contribution in [3.63, 3.8) is 0 Å². The van der Waals surface area contributed by atoms with Gasteiger partial charge in [-0.3, -0.25) is 0 Å². The Bertz CT molecular complexity index is 112. The van der Waals surface area contributed by atoms with Gasteiger partial charge in [0.05, 0.1) is 7.11 Å². The Hall–Kier alpha value is -0.980. The molecule has 12 heavy (non-hydrogen) atoms. The molecule has 0 fully saturated rings. The highest BCUT2D eigenvalue weighted by Crippen LogP contribution is 1.93. The summed E-state index contributed by atoms with van der Waals surface area (Å²) in [7, 11) is 1.59. The van der Waals surface area contributed by atoms with Crippen LogP contribution in [0.1, 0.15) is 27.7 Å². The fraction of sp³-hybridized carbons (Fsp3) is 0.455. The molecule has 0 radical (unpaired) electrons. The van der Waals surface area contributed by atoms with E-state index in [1.807, 2.05) is 27.7 Å². The van der Waals surface area contributed by atoms with E-state index in [2.05, 4.69) is 13.2 Å². The second kappa shape index (κ2) is 22.5. The normalized spacial score (nSPS) is 7.92. The lowest BCUT2D eigenvalue weighted by molar-refractivity contribution is 0.307. The first-order valence-electron chi connectivity index (χ1n) is 4.34. The van der Waals surface area contributed by atoms with Crippen LogP contribution >= 0.6 is 0 Å². The van der Waals surface area contributed by atoms with E-state index >= 15 is 0 Å². The number of hydrogen-bond donors (Lipinski definition) is 0. The minimum absolute atomic E-state index is 0.736. The average molecular weight is 170 g/mol. The first kappa shape index (κ1) is 17.2. The van der Waals surface area contributed by atoms with E-state index in [4.69, 9.17) is 4.74 Å². The maximum absolute atomic E-state index is 4.81. The summed E-state index contributed by atoms with van der Waals surface area (Å²) in [5.74, 6) is 0.736.